The lowest BCUT2D eigenvalue weighted by Crippen LogP contribution is -2.42. The van der Waals surface area contributed by atoms with Gasteiger partial charge in [-0.15, -0.1) is 0 Å². The summed E-state index contributed by atoms with van der Waals surface area (Å²) < 4.78 is 25.9. The summed E-state index contributed by atoms with van der Waals surface area (Å²) in [5.41, 5.74) is 5.28. The van der Waals surface area contributed by atoms with Gasteiger partial charge in [0.2, 0.25) is 0 Å². The zero-order valence-corrected chi connectivity index (χ0v) is 9.34. The summed E-state index contributed by atoms with van der Waals surface area (Å²) in [5.74, 6) is -2.48. The second kappa shape index (κ2) is 4.37. The Kier molecular flexibility index (Phi) is 3.10. The fourth-order valence-corrected chi connectivity index (χ4v) is 1.84. The topological polar surface area (TPSA) is 15.3 Å². The number of benzene rings is 1. The highest BCUT2D eigenvalue weighted by molar-refractivity contribution is 5.44. The molecule has 2 nitrogen and oxygen atoms in total. The number of nitrogens with one attached hydrogen (secondary N) is 1. The molecule has 0 saturated carbocycles. The van der Waals surface area contributed by atoms with Gasteiger partial charge >= 0.3 is 0 Å². The standard InChI is InChI=1S/C12H16F2N2/c1-10-3-2-4-11(9-10)15-16-7-5-12(13,14)6-8-16/h2-4,9,15H,5-8H2,1H3. The summed E-state index contributed by atoms with van der Waals surface area (Å²) in [5, 5.41) is 1.85. The lowest BCUT2D eigenvalue weighted by atomic mass is 10.1. The number of nitrogens with zero attached hydrogens (tertiary/aromatic N) is 1. The smallest absolute Gasteiger partial charge is 0.250 e. The third-order valence-electron chi connectivity index (χ3n) is 2.80. The Labute approximate surface area is 94.2 Å². The Bertz CT molecular complexity index is 356. The molecule has 0 amide bonds. The van der Waals surface area contributed by atoms with E-state index in [9.17, 15) is 8.78 Å². The fourth-order valence-electron chi connectivity index (χ4n) is 1.84. The maximum absolute atomic E-state index is 12.9. The fraction of sp³-hybridized carbons (Fsp3) is 0.500. The van der Waals surface area contributed by atoms with Crippen LogP contribution >= 0.6 is 0 Å². The van der Waals surface area contributed by atoms with Crippen LogP contribution in [0.15, 0.2) is 24.3 Å². The maximum atomic E-state index is 12.9. The number of aryl methyl sites for hydroxylation is 1. The molecule has 1 aromatic carbocycles. The van der Waals surface area contributed by atoms with Gasteiger partial charge in [-0.05, 0) is 24.6 Å². The molecule has 0 unspecified atom stereocenters. The summed E-state index contributed by atoms with van der Waals surface area (Å²) in [7, 11) is 0. The van der Waals surface area contributed by atoms with Crippen molar-refractivity contribution in [1.82, 2.24) is 5.01 Å². The molecular weight excluding hydrogens is 210 g/mol. The first kappa shape index (κ1) is 11.3. The van der Waals surface area contributed by atoms with Crippen molar-refractivity contribution >= 4 is 5.69 Å². The Morgan fingerprint density at radius 3 is 2.56 bits per heavy atom. The molecule has 88 valence electrons. The molecule has 0 aromatic heterocycles. The van der Waals surface area contributed by atoms with E-state index in [-0.39, 0.29) is 12.8 Å². The monoisotopic (exact) mass is 226 g/mol. The van der Waals surface area contributed by atoms with Crippen LogP contribution in [0.5, 0.6) is 0 Å². The van der Waals surface area contributed by atoms with Gasteiger partial charge in [0, 0.05) is 31.6 Å². The third-order valence-corrected chi connectivity index (χ3v) is 2.80. The predicted molar refractivity (Wildman–Crippen MR) is 60.6 cm³/mol. The lowest BCUT2D eigenvalue weighted by Gasteiger charge is -2.32. The zero-order valence-electron chi connectivity index (χ0n) is 9.34. The van der Waals surface area contributed by atoms with Gasteiger partial charge in [-0.1, -0.05) is 12.1 Å². The van der Waals surface area contributed by atoms with Gasteiger partial charge < -0.3 is 5.43 Å². The first-order valence-corrected chi connectivity index (χ1v) is 5.51. The van der Waals surface area contributed by atoms with Gasteiger partial charge in [0.1, 0.15) is 0 Å². The van der Waals surface area contributed by atoms with Gasteiger partial charge in [0.15, 0.2) is 0 Å². The highest BCUT2D eigenvalue weighted by Gasteiger charge is 2.33. The van der Waals surface area contributed by atoms with Gasteiger partial charge in [0.05, 0.1) is 0 Å². The molecule has 1 aromatic rings. The SMILES string of the molecule is Cc1cccc(NN2CCC(F)(F)CC2)c1. The third kappa shape index (κ3) is 2.92. The van der Waals surface area contributed by atoms with E-state index in [2.05, 4.69) is 5.43 Å². The maximum Gasteiger partial charge on any atom is 0.250 e. The van der Waals surface area contributed by atoms with Gasteiger partial charge in [-0.3, -0.25) is 0 Å². The second-order valence-electron chi connectivity index (χ2n) is 4.32. The molecule has 1 saturated heterocycles. The van der Waals surface area contributed by atoms with E-state index >= 15 is 0 Å². The highest BCUT2D eigenvalue weighted by atomic mass is 19.3. The summed E-state index contributed by atoms with van der Waals surface area (Å²) >= 11 is 0. The molecule has 0 bridgehead atoms. The van der Waals surface area contributed by atoms with E-state index in [4.69, 9.17) is 0 Å². The first-order chi connectivity index (χ1) is 7.55. The Morgan fingerprint density at radius 2 is 1.94 bits per heavy atom. The number of hydrogen-bond donors (Lipinski definition) is 1. The second-order valence-corrected chi connectivity index (χ2v) is 4.32. The molecule has 1 aliphatic heterocycles. The molecule has 16 heavy (non-hydrogen) atoms. The Hall–Kier alpha value is -1.16. The normalized spacial score (nSPS) is 20.7. The molecule has 0 spiro atoms. The van der Waals surface area contributed by atoms with Crippen molar-refractivity contribution in [1.29, 1.82) is 0 Å². The first-order valence-electron chi connectivity index (χ1n) is 5.51. The minimum absolute atomic E-state index is 0.0637. The van der Waals surface area contributed by atoms with E-state index < -0.39 is 5.92 Å². The average molecular weight is 226 g/mol. The predicted octanol–water partition coefficient (Wildman–Crippen LogP) is 3.05. The van der Waals surface area contributed by atoms with Gasteiger partial charge in [-0.25, -0.2) is 13.8 Å². The van der Waals surface area contributed by atoms with Gasteiger partial charge in [-0.2, -0.15) is 0 Å². The van der Waals surface area contributed by atoms with Crippen molar-refractivity contribution in [2.45, 2.75) is 25.7 Å². The number of alkyl halides is 2. The van der Waals surface area contributed by atoms with Crippen LogP contribution in [-0.2, 0) is 0 Å². The molecule has 1 aliphatic rings. The molecule has 0 aliphatic carbocycles. The number of halogens is 2. The molecule has 1 heterocycles. The van der Waals surface area contributed by atoms with Crippen LogP contribution in [0.4, 0.5) is 14.5 Å². The summed E-state index contributed by atoms with van der Waals surface area (Å²) in [6, 6.07) is 7.91. The largest absolute Gasteiger partial charge is 0.319 e. The minimum atomic E-state index is -2.48. The zero-order chi connectivity index (χ0) is 11.6. The van der Waals surface area contributed by atoms with Crippen molar-refractivity contribution in [3.63, 3.8) is 0 Å². The van der Waals surface area contributed by atoms with Crippen molar-refractivity contribution in [2.75, 3.05) is 18.5 Å². The van der Waals surface area contributed by atoms with E-state index in [1.54, 1.807) is 0 Å². The number of hydrazine groups is 1. The Balaban J connectivity index is 1.92. The van der Waals surface area contributed by atoms with Crippen molar-refractivity contribution in [3.8, 4) is 0 Å². The van der Waals surface area contributed by atoms with Crippen LogP contribution < -0.4 is 5.43 Å². The molecule has 1 N–H and O–H groups in total. The van der Waals surface area contributed by atoms with Gasteiger partial charge in [0.25, 0.3) is 5.92 Å². The van der Waals surface area contributed by atoms with Crippen LogP contribution in [-0.4, -0.2) is 24.0 Å². The van der Waals surface area contributed by atoms with Crippen LogP contribution in [0.3, 0.4) is 0 Å². The van der Waals surface area contributed by atoms with Crippen molar-refractivity contribution in [3.05, 3.63) is 29.8 Å². The highest BCUT2D eigenvalue weighted by Crippen LogP contribution is 2.27. The van der Waals surface area contributed by atoms with Crippen molar-refractivity contribution < 1.29 is 8.78 Å². The molecule has 0 radical (unpaired) electrons. The molecular formula is C12H16F2N2. The molecule has 0 atom stereocenters. The van der Waals surface area contributed by atoms with E-state index in [1.165, 1.54) is 0 Å². The van der Waals surface area contributed by atoms with Crippen LogP contribution in [0, 0.1) is 6.92 Å². The van der Waals surface area contributed by atoms with E-state index in [0.29, 0.717) is 13.1 Å². The Morgan fingerprint density at radius 1 is 1.25 bits per heavy atom. The lowest BCUT2D eigenvalue weighted by molar-refractivity contribution is -0.0506. The number of anilines is 1. The quantitative estimate of drug-likeness (QED) is 0.833. The average Bonchev–Trinajstić information content (AvgIpc) is 2.21. The summed E-state index contributed by atoms with van der Waals surface area (Å²) in [6.45, 7) is 2.79. The van der Waals surface area contributed by atoms with Crippen molar-refractivity contribution in [2.24, 2.45) is 0 Å². The van der Waals surface area contributed by atoms with Crippen LogP contribution in [0.25, 0.3) is 0 Å². The summed E-state index contributed by atoms with van der Waals surface area (Å²) in [6.07, 6.45) is -0.127. The minimum Gasteiger partial charge on any atom is -0.319 e. The molecule has 2 rings (SSSR count). The molecule has 4 heteroatoms. The number of piperidine rings is 1. The number of hydrogen-bond acceptors (Lipinski definition) is 2. The molecule has 1 fully saturated rings. The number of rotatable bonds is 2. The van der Waals surface area contributed by atoms with Crippen LogP contribution in [0.1, 0.15) is 18.4 Å². The summed E-state index contributed by atoms with van der Waals surface area (Å²) in [4.78, 5) is 0. The van der Waals surface area contributed by atoms with E-state index in [0.717, 1.165) is 11.3 Å². The van der Waals surface area contributed by atoms with E-state index in [1.807, 2.05) is 36.2 Å². The van der Waals surface area contributed by atoms with Crippen LogP contribution in [0.2, 0.25) is 0 Å².